The average molecular weight is 511 g/mol. The Balaban J connectivity index is 4.74. The van der Waals surface area contributed by atoms with E-state index in [4.69, 9.17) is 14.2 Å². The summed E-state index contributed by atoms with van der Waals surface area (Å²) < 4.78 is 16.3. The molecule has 0 fully saturated rings. The number of esters is 3. The van der Waals surface area contributed by atoms with Gasteiger partial charge in [0, 0.05) is 0 Å². The van der Waals surface area contributed by atoms with Gasteiger partial charge in [0.1, 0.15) is 12.2 Å². The van der Waals surface area contributed by atoms with Crippen molar-refractivity contribution in [2.24, 2.45) is 0 Å². The monoisotopic (exact) mass is 510 g/mol. The van der Waals surface area contributed by atoms with E-state index in [0.717, 1.165) is 38.5 Å². The Bertz CT molecular complexity index is 574. The minimum atomic E-state index is -0.512. The van der Waals surface area contributed by atoms with Gasteiger partial charge in [-0.25, -0.2) is 0 Å². The van der Waals surface area contributed by atoms with Crippen LogP contribution in [0.15, 0.2) is 12.7 Å². The fourth-order valence-electron chi connectivity index (χ4n) is 4.24. The maximum Gasteiger partial charge on any atom is 0.309 e. The molecule has 0 aliphatic carbocycles. The number of hydrogen-bond donors (Lipinski definition) is 0. The van der Waals surface area contributed by atoms with Crippen molar-refractivity contribution in [2.45, 2.75) is 155 Å². The zero-order valence-electron chi connectivity index (χ0n) is 23.5. The number of hydrogen-bond acceptors (Lipinski definition) is 6. The molecule has 0 aromatic heterocycles. The Labute approximate surface area is 220 Å². The third kappa shape index (κ3) is 21.4. The number of unbranched alkanes of at least 4 members (excludes halogenated alkanes) is 12. The lowest BCUT2D eigenvalue weighted by Crippen LogP contribution is -2.27. The minimum Gasteiger partial charge on any atom is -0.466 e. The molecular weight excluding hydrogens is 456 g/mol. The van der Waals surface area contributed by atoms with Crippen LogP contribution < -0.4 is 0 Å². The van der Waals surface area contributed by atoms with Crippen LogP contribution in [-0.4, -0.2) is 36.7 Å². The molecule has 0 rings (SSSR count). The predicted molar refractivity (Wildman–Crippen MR) is 146 cm³/mol. The van der Waals surface area contributed by atoms with Gasteiger partial charge < -0.3 is 14.2 Å². The lowest BCUT2D eigenvalue weighted by Gasteiger charge is -2.21. The van der Waals surface area contributed by atoms with E-state index in [1.165, 1.54) is 57.4 Å². The molecule has 36 heavy (non-hydrogen) atoms. The van der Waals surface area contributed by atoms with Crippen LogP contribution in [0.5, 0.6) is 0 Å². The summed E-state index contributed by atoms with van der Waals surface area (Å²) in [6, 6.07) is 0. The Morgan fingerprint density at radius 3 is 1.47 bits per heavy atom. The van der Waals surface area contributed by atoms with Crippen molar-refractivity contribution in [1.82, 2.24) is 0 Å². The molecule has 210 valence electrons. The van der Waals surface area contributed by atoms with E-state index in [0.29, 0.717) is 19.4 Å². The molecule has 0 aromatic rings. The first-order valence-electron chi connectivity index (χ1n) is 14.6. The van der Waals surface area contributed by atoms with Gasteiger partial charge in [-0.15, -0.1) is 6.58 Å². The van der Waals surface area contributed by atoms with Crippen molar-refractivity contribution in [2.75, 3.05) is 6.61 Å². The lowest BCUT2D eigenvalue weighted by molar-refractivity contribution is -0.160. The maximum atomic E-state index is 12.8. The van der Waals surface area contributed by atoms with Gasteiger partial charge in [0.2, 0.25) is 0 Å². The largest absolute Gasteiger partial charge is 0.466 e. The Morgan fingerprint density at radius 1 is 0.611 bits per heavy atom. The summed E-state index contributed by atoms with van der Waals surface area (Å²) in [5, 5.41) is 0. The van der Waals surface area contributed by atoms with E-state index >= 15 is 0 Å². The molecule has 2 atom stereocenters. The van der Waals surface area contributed by atoms with Crippen LogP contribution in [-0.2, 0) is 28.6 Å². The topological polar surface area (TPSA) is 78.9 Å². The SMILES string of the molecule is C=CCC(=O)OC(CCCCCCCCC)CC(=O)OC(CCCCCCCCC)CC(=O)OCC. The molecule has 0 N–H and O–H groups in total. The van der Waals surface area contributed by atoms with Crippen LogP contribution >= 0.6 is 0 Å². The first-order chi connectivity index (χ1) is 17.5. The van der Waals surface area contributed by atoms with E-state index in [1.807, 2.05) is 0 Å². The first-order valence-corrected chi connectivity index (χ1v) is 14.6. The molecule has 0 saturated carbocycles. The van der Waals surface area contributed by atoms with Gasteiger partial charge >= 0.3 is 17.9 Å². The van der Waals surface area contributed by atoms with E-state index in [-0.39, 0.29) is 31.2 Å². The lowest BCUT2D eigenvalue weighted by atomic mass is 10.0. The van der Waals surface area contributed by atoms with Crippen LogP contribution in [0.3, 0.4) is 0 Å². The summed E-state index contributed by atoms with van der Waals surface area (Å²) in [4.78, 5) is 36.9. The van der Waals surface area contributed by atoms with E-state index in [2.05, 4.69) is 20.4 Å². The average Bonchev–Trinajstić information content (AvgIpc) is 2.83. The van der Waals surface area contributed by atoms with E-state index < -0.39 is 18.2 Å². The highest BCUT2D eigenvalue weighted by Gasteiger charge is 2.23. The van der Waals surface area contributed by atoms with Crippen molar-refractivity contribution in [3.8, 4) is 0 Å². The van der Waals surface area contributed by atoms with Crippen LogP contribution in [0.1, 0.15) is 143 Å². The molecule has 0 radical (unpaired) electrons. The molecule has 0 aromatic carbocycles. The molecule has 0 aliphatic rings. The number of rotatable bonds is 25. The summed E-state index contributed by atoms with van der Waals surface area (Å²) >= 11 is 0. The van der Waals surface area contributed by atoms with Crippen LogP contribution in [0, 0.1) is 0 Å². The normalized spacial score (nSPS) is 12.5. The molecule has 0 amide bonds. The van der Waals surface area contributed by atoms with Crippen molar-refractivity contribution >= 4 is 17.9 Å². The summed E-state index contributed by atoms with van der Waals surface area (Å²) in [5.41, 5.74) is 0. The van der Waals surface area contributed by atoms with Crippen molar-refractivity contribution in [3.05, 3.63) is 12.7 Å². The van der Waals surface area contributed by atoms with Crippen molar-refractivity contribution < 1.29 is 28.6 Å². The Kier molecular flexibility index (Phi) is 23.6. The van der Waals surface area contributed by atoms with Crippen LogP contribution in [0.2, 0.25) is 0 Å². The Morgan fingerprint density at radius 2 is 1.03 bits per heavy atom. The summed E-state index contributed by atoms with van der Waals surface area (Å²) in [5.74, 6) is -1.15. The molecule has 0 bridgehead atoms. The fraction of sp³-hybridized carbons (Fsp3) is 0.833. The quantitative estimate of drug-likeness (QED) is 0.0535. The highest BCUT2D eigenvalue weighted by molar-refractivity contribution is 5.74. The number of ether oxygens (including phenoxy) is 3. The van der Waals surface area contributed by atoms with Gasteiger partial charge in [0.25, 0.3) is 0 Å². The number of carbonyl (C=O) groups is 3. The third-order valence-electron chi connectivity index (χ3n) is 6.26. The van der Waals surface area contributed by atoms with Gasteiger partial charge in [-0.2, -0.15) is 0 Å². The standard InChI is InChI=1S/C30H54O6/c1-5-9-11-13-15-17-19-22-26(24-29(32)34-8-4)36-30(33)25-27(35-28(31)21-7-3)23-20-18-16-14-12-10-6-2/h7,26-27H,3,5-6,8-25H2,1-2,4H3. The van der Waals surface area contributed by atoms with Gasteiger partial charge in [-0.1, -0.05) is 97.0 Å². The van der Waals surface area contributed by atoms with Gasteiger partial charge in [0.15, 0.2) is 0 Å². The zero-order chi connectivity index (χ0) is 26.9. The number of carbonyl (C=O) groups excluding carboxylic acids is 3. The first kappa shape index (κ1) is 34.1. The van der Waals surface area contributed by atoms with Gasteiger partial charge in [0.05, 0.1) is 25.9 Å². The second-order valence-corrected chi connectivity index (χ2v) is 9.75. The summed E-state index contributed by atoms with van der Waals surface area (Å²) in [7, 11) is 0. The zero-order valence-corrected chi connectivity index (χ0v) is 23.5. The van der Waals surface area contributed by atoms with Crippen LogP contribution in [0.4, 0.5) is 0 Å². The fourth-order valence-corrected chi connectivity index (χ4v) is 4.24. The molecule has 2 unspecified atom stereocenters. The second-order valence-electron chi connectivity index (χ2n) is 9.75. The highest BCUT2D eigenvalue weighted by Crippen LogP contribution is 2.18. The van der Waals surface area contributed by atoms with E-state index in [9.17, 15) is 14.4 Å². The molecular formula is C30H54O6. The predicted octanol–water partition coefficient (Wildman–Crippen LogP) is 8.01. The molecule has 0 spiro atoms. The molecule has 6 heteroatoms. The van der Waals surface area contributed by atoms with E-state index in [1.54, 1.807) is 6.92 Å². The summed E-state index contributed by atoms with van der Waals surface area (Å²) in [6.45, 7) is 10.1. The summed E-state index contributed by atoms with van der Waals surface area (Å²) in [6.07, 6.45) is 18.1. The highest BCUT2D eigenvalue weighted by atomic mass is 16.6. The second kappa shape index (κ2) is 24.8. The molecule has 0 heterocycles. The van der Waals surface area contributed by atoms with Crippen LogP contribution in [0.25, 0.3) is 0 Å². The Hall–Kier alpha value is -1.85. The molecule has 0 saturated heterocycles. The van der Waals surface area contributed by atoms with Gasteiger partial charge in [-0.3, -0.25) is 14.4 Å². The maximum absolute atomic E-state index is 12.8. The smallest absolute Gasteiger partial charge is 0.309 e. The molecule has 6 nitrogen and oxygen atoms in total. The van der Waals surface area contributed by atoms with Gasteiger partial charge in [-0.05, 0) is 32.6 Å². The third-order valence-corrected chi connectivity index (χ3v) is 6.26. The van der Waals surface area contributed by atoms with Crippen molar-refractivity contribution in [1.29, 1.82) is 0 Å². The minimum absolute atomic E-state index is 0.00899. The molecule has 0 aliphatic heterocycles. The van der Waals surface area contributed by atoms with Crippen molar-refractivity contribution in [3.63, 3.8) is 0 Å².